The van der Waals surface area contributed by atoms with Gasteiger partial charge in [-0.05, 0) is 43.1 Å². The number of aromatic amines is 1. The molecule has 1 unspecified atom stereocenters. The molecule has 1 N–H and O–H groups in total. The molecule has 0 bridgehead atoms. The number of nitrogens with one attached hydrogen (secondary N) is 1. The molecule has 2 rings (SSSR count). The molecule has 26 heavy (non-hydrogen) atoms. The Morgan fingerprint density at radius 3 is 2.46 bits per heavy atom. The second kappa shape index (κ2) is 7.76. The number of aryl methyl sites for hydroxylation is 2. The van der Waals surface area contributed by atoms with E-state index in [0.717, 1.165) is 11.3 Å². The van der Waals surface area contributed by atoms with E-state index in [9.17, 15) is 9.59 Å². The van der Waals surface area contributed by atoms with E-state index in [2.05, 4.69) is 38.8 Å². The highest BCUT2D eigenvalue weighted by atomic mass is 28.4. The van der Waals surface area contributed by atoms with Gasteiger partial charge in [-0.3, -0.25) is 9.59 Å². The predicted molar refractivity (Wildman–Crippen MR) is 108 cm³/mol. The normalized spacial score (nSPS) is 13.6. The molecule has 0 amide bonds. The topological polar surface area (TPSA) is 64.1 Å². The fourth-order valence-corrected chi connectivity index (χ4v) is 3.90. The Hall–Kier alpha value is -1.92. The van der Waals surface area contributed by atoms with Gasteiger partial charge in [-0.2, -0.15) is 0 Å². The van der Waals surface area contributed by atoms with Gasteiger partial charge in [-0.15, -0.1) is 0 Å². The molecule has 5 nitrogen and oxygen atoms in total. The molecule has 0 saturated heterocycles. The van der Waals surface area contributed by atoms with Gasteiger partial charge >= 0.3 is 0 Å². The lowest BCUT2D eigenvalue weighted by molar-refractivity contribution is 0.169. The van der Waals surface area contributed by atoms with Crippen molar-refractivity contribution >= 4 is 8.32 Å². The number of hydrogen-bond acceptors (Lipinski definition) is 3. The van der Waals surface area contributed by atoms with E-state index < -0.39 is 8.32 Å². The fourth-order valence-electron chi connectivity index (χ4n) is 2.59. The molecule has 0 spiro atoms. The zero-order valence-electron chi connectivity index (χ0n) is 16.6. The molecule has 6 heteroatoms. The quantitative estimate of drug-likeness (QED) is 0.783. The SMILES string of the molecule is Cn1cccc(CCC(O[Si](C)(C)C(C)(C)C)c2cccc(=O)[nH]2)c1=O. The summed E-state index contributed by atoms with van der Waals surface area (Å²) in [5, 5.41) is 0.0587. The number of hydrogen-bond donors (Lipinski definition) is 1. The summed E-state index contributed by atoms with van der Waals surface area (Å²) in [6, 6.07) is 8.88. The highest BCUT2D eigenvalue weighted by Gasteiger charge is 2.39. The molecule has 2 aromatic rings. The van der Waals surface area contributed by atoms with Gasteiger partial charge in [0.2, 0.25) is 5.56 Å². The summed E-state index contributed by atoms with van der Waals surface area (Å²) in [6.07, 6.45) is 2.76. The van der Waals surface area contributed by atoms with Crippen molar-refractivity contribution in [3.05, 3.63) is 68.5 Å². The second-order valence-corrected chi connectivity index (χ2v) is 13.1. The summed E-state index contributed by atoms with van der Waals surface area (Å²) in [4.78, 5) is 27.0. The Labute approximate surface area is 156 Å². The minimum Gasteiger partial charge on any atom is -0.408 e. The summed E-state index contributed by atoms with van der Waals surface area (Å²) in [7, 11) is -0.282. The minimum absolute atomic E-state index is 0.0140. The first-order chi connectivity index (χ1) is 12.0. The van der Waals surface area contributed by atoms with E-state index in [-0.39, 0.29) is 22.3 Å². The fraction of sp³-hybridized carbons (Fsp3) is 0.500. The zero-order valence-corrected chi connectivity index (χ0v) is 17.6. The number of pyridine rings is 2. The molecule has 0 aliphatic carbocycles. The first-order valence-corrected chi connectivity index (χ1v) is 11.9. The summed E-state index contributed by atoms with van der Waals surface area (Å²) in [6.45, 7) is 11.0. The van der Waals surface area contributed by atoms with Crippen molar-refractivity contribution < 1.29 is 4.43 Å². The highest BCUT2D eigenvalue weighted by Crippen LogP contribution is 2.40. The Bertz CT molecular complexity index is 862. The van der Waals surface area contributed by atoms with Crippen LogP contribution in [0.2, 0.25) is 18.1 Å². The van der Waals surface area contributed by atoms with Gasteiger partial charge in [-0.1, -0.05) is 32.9 Å². The molecule has 0 aliphatic rings. The molecular weight excluding hydrogens is 344 g/mol. The maximum absolute atomic E-state index is 12.3. The van der Waals surface area contributed by atoms with Crippen molar-refractivity contribution in [2.75, 3.05) is 0 Å². The van der Waals surface area contributed by atoms with Crippen molar-refractivity contribution in [2.24, 2.45) is 7.05 Å². The van der Waals surface area contributed by atoms with Gasteiger partial charge in [0.1, 0.15) is 0 Å². The van der Waals surface area contributed by atoms with Gasteiger partial charge in [0, 0.05) is 30.6 Å². The van der Waals surface area contributed by atoms with Crippen LogP contribution in [0.3, 0.4) is 0 Å². The van der Waals surface area contributed by atoms with Gasteiger partial charge in [0.25, 0.3) is 5.56 Å². The van der Waals surface area contributed by atoms with Crippen LogP contribution in [0.25, 0.3) is 0 Å². The number of aromatic nitrogens is 2. The van der Waals surface area contributed by atoms with Gasteiger partial charge in [0.05, 0.1) is 6.10 Å². The monoisotopic (exact) mass is 374 g/mol. The average molecular weight is 375 g/mol. The third kappa shape index (κ3) is 4.83. The lowest BCUT2D eigenvalue weighted by atomic mass is 10.1. The van der Waals surface area contributed by atoms with Crippen LogP contribution in [0.4, 0.5) is 0 Å². The van der Waals surface area contributed by atoms with Crippen LogP contribution in [0.15, 0.2) is 46.1 Å². The molecule has 2 aromatic heterocycles. The Balaban J connectivity index is 2.30. The molecule has 2 heterocycles. The van der Waals surface area contributed by atoms with Gasteiger partial charge < -0.3 is 14.0 Å². The summed E-state index contributed by atoms with van der Waals surface area (Å²) in [5.41, 5.74) is 1.41. The van der Waals surface area contributed by atoms with Crippen LogP contribution in [0.5, 0.6) is 0 Å². The summed E-state index contributed by atoms with van der Waals surface area (Å²) in [5.74, 6) is 0. The Morgan fingerprint density at radius 2 is 1.85 bits per heavy atom. The summed E-state index contributed by atoms with van der Waals surface area (Å²) >= 11 is 0. The van der Waals surface area contributed by atoms with Gasteiger partial charge in [0.15, 0.2) is 8.32 Å². The highest BCUT2D eigenvalue weighted by molar-refractivity contribution is 6.74. The molecular formula is C20H30N2O3Si. The number of H-pyrrole nitrogens is 1. The predicted octanol–water partition coefficient (Wildman–Crippen LogP) is 3.77. The smallest absolute Gasteiger partial charge is 0.253 e. The standard InChI is InChI=1S/C20H30N2O3Si/c1-20(2,3)26(5,6)25-17(16-10-7-11-18(23)21-16)13-12-15-9-8-14-22(4)19(15)24/h7-11,14,17H,12-13H2,1-6H3,(H,21,23). The minimum atomic E-state index is -2.04. The van der Waals surface area contributed by atoms with Crippen LogP contribution in [-0.4, -0.2) is 17.9 Å². The van der Waals surface area contributed by atoms with Crippen LogP contribution in [0.1, 0.15) is 44.6 Å². The maximum atomic E-state index is 12.3. The van der Waals surface area contributed by atoms with Gasteiger partial charge in [-0.25, -0.2) is 0 Å². The molecule has 0 radical (unpaired) electrons. The maximum Gasteiger partial charge on any atom is 0.253 e. The molecule has 1 atom stereocenters. The summed E-state index contributed by atoms with van der Waals surface area (Å²) < 4.78 is 8.18. The van der Waals surface area contributed by atoms with Crippen molar-refractivity contribution in [3.63, 3.8) is 0 Å². The van der Waals surface area contributed by atoms with E-state index >= 15 is 0 Å². The second-order valence-electron chi connectivity index (χ2n) is 8.33. The molecule has 142 valence electrons. The largest absolute Gasteiger partial charge is 0.408 e. The van der Waals surface area contributed by atoms with Crippen LogP contribution in [-0.2, 0) is 17.9 Å². The average Bonchev–Trinajstić information content (AvgIpc) is 2.53. The van der Waals surface area contributed by atoms with E-state index in [1.807, 2.05) is 18.2 Å². The molecule has 0 fully saturated rings. The van der Waals surface area contributed by atoms with Crippen LogP contribution < -0.4 is 11.1 Å². The molecule has 0 saturated carbocycles. The van der Waals surface area contributed by atoms with E-state index in [4.69, 9.17) is 4.43 Å². The van der Waals surface area contributed by atoms with Crippen molar-refractivity contribution in [1.29, 1.82) is 0 Å². The third-order valence-electron chi connectivity index (χ3n) is 5.26. The van der Waals surface area contributed by atoms with E-state index in [0.29, 0.717) is 12.8 Å². The first-order valence-electron chi connectivity index (χ1n) is 9.03. The van der Waals surface area contributed by atoms with Crippen molar-refractivity contribution in [1.82, 2.24) is 9.55 Å². The van der Waals surface area contributed by atoms with Crippen molar-refractivity contribution in [3.8, 4) is 0 Å². The Morgan fingerprint density at radius 1 is 1.15 bits per heavy atom. The number of nitrogens with zero attached hydrogens (tertiary/aromatic N) is 1. The van der Waals surface area contributed by atoms with E-state index in [1.54, 1.807) is 23.9 Å². The van der Waals surface area contributed by atoms with Crippen LogP contribution in [0, 0.1) is 0 Å². The van der Waals surface area contributed by atoms with E-state index in [1.165, 1.54) is 6.07 Å². The number of rotatable bonds is 6. The molecule has 0 aliphatic heterocycles. The lowest BCUT2D eigenvalue weighted by Gasteiger charge is -2.39. The molecule has 0 aromatic carbocycles. The van der Waals surface area contributed by atoms with Crippen molar-refractivity contribution in [2.45, 2.75) is 57.8 Å². The lowest BCUT2D eigenvalue weighted by Crippen LogP contribution is -2.42. The zero-order chi connectivity index (χ0) is 19.5. The third-order valence-corrected chi connectivity index (χ3v) is 9.75. The Kier molecular flexibility index (Phi) is 6.08. The van der Waals surface area contributed by atoms with Crippen LogP contribution >= 0.6 is 0 Å². The first kappa shape index (κ1) is 20.4.